The minimum absolute atomic E-state index is 0.0191. The quantitative estimate of drug-likeness (QED) is 0.380. The Labute approximate surface area is 184 Å². The van der Waals surface area contributed by atoms with Gasteiger partial charge in [-0.05, 0) is 42.7 Å². The predicted octanol–water partition coefficient (Wildman–Crippen LogP) is 5.64. The highest BCUT2D eigenvalue weighted by Crippen LogP contribution is 2.37. The SMILES string of the molecule is COc1ccc(-c2csc(NC(c3cccc([N+](=O)[O-])c3)C3CCCCC3=O)n2)cc1. The van der Waals surface area contributed by atoms with Crippen LogP contribution in [-0.2, 0) is 4.79 Å². The predicted molar refractivity (Wildman–Crippen MR) is 121 cm³/mol. The fourth-order valence-electron chi connectivity index (χ4n) is 3.98. The van der Waals surface area contributed by atoms with Crippen LogP contribution in [0.3, 0.4) is 0 Å². The molecule has 8 heteroatoms. The number of thiazole rings is 1. The number of nitro groups is 1. The molecular formula is C23H23N3O4S. The van der Waals surface area contributed by atoms with E-state index in [9.17, 15) is 14.9 Å². The Kier molecular flexibility index (Phi) is 6.27. The maximum Gasteiger partial charge on any atom is 0.269 e. The number of carbonyl (C=O) groups excluding carboxylic acids is 1. The van der Waals surface area contributed by atoms with E-state index in [0.717, 1.165) is 41.8 Å². The molecule has 3 aromatic rings. The molecule has 1 fully saturated rings. The van der Waals surface area contributed by atoms with Gasteiger partial charge in [-0.2, -0.15) is 0 Å². The molecule has 4 rings (SSSR count). The zero-order valence-corrected chi connectivity index (χ0v) is 17.9. The highest BCUT2D eigenvalue weighted by atomic mass is 32.1. The first-order chi connectivity index (χ1) is 15.0. The first kappa shape index (κ1) is 21.0. The van der Waals surface area contributed by atoms with E-state index in [1.54, 1.807) is 19.2 Å². The van der Waals surface area contributed by atoms with Crippen LogP contribution in [0.1, 0.15) is 37.3 Å². The highest BCUT2D eigenvalue weighted by molar-refractivity contribution is 7.14. The normalized spacial score (nSPS) is 17.2. The Morgan fingerprint density at radius 1 is 1.23 bits per heavy atom. The Morgan fingerprint density at radius 2 is 2.03 bits per heavy atom. The van der Waals surface area contributed by atoms with Crippen LogP contribution in [0.15, 0.2) is 53.9 Å². The summed E-state index contributed by atoms with van der Waals surface area (Å²) in [6.45, 7) is 0. The smallest absolute Gasteiger partial charge is 0.269 e. The number of hydrogen-bond donors (Lipinski definition) is 1. The van der Waals surface area contributed by atoms with Gasteiger partial charge in [-0.25, -0.2) is 4.98 Å². The molecule has 2 atom stereocenters. The van der Waals surface area contributed by atoms with Gasteiger partial charge in [-0.1, -0.05) is 18.6 Å². The summed E-state index contributed by atoms with van der Waals surface area (Å²) >= 11 is 1.45. The number of non-ortho nitro benzene ring substituents is 1. The number of aromatic nitrogens is 1. The summed E-state index contributed by atoms with van der Waals surface area (Å²) in [5.74, 6) is 0.741. The second-order valence-electron chi connectivity index (χ2n) is 7.56. The van der Waals surface area contributed by atoms with Crippen LogP contribution in [-0.4, -0.2) is 22.8 Å². The summed E-state index contributed by atoms with van der Waals surface area (Å²) in [6.07, 6.45) is 3.18. The van der Waals surface area contributed by atoms with E-state index in [2.05, 4.69) is 5.32 Å². The number of Topliss-reactive ketones (excluding diaryl/α,β-unsaturated/α-hetero) is 1. The van der Waals surface area contributed by atoms with E-state index in [1.807, 2.05) is 35.7 Å². The number of nitrogens with zero attached hydrogens (tertiary/aromatic N) is 2. The minimum atomic E-state index is -0.408. The second-order valence-corrected chi connectivity index (χ2v) is 8.42. The number of anilines is 1. The highest BCUT2D eigenvalue weighted by Gasteiger charge is 2.32. The second kappa shape index (κ2) is 9.26. The summed E-state index contributed by atoms with van der Waals surface area (Å²) in [5.41, 5.74) is 2.54. The molecule has 0 amide bonds. The van der Waals surface area contributed by atoms with Crippen LogP contribution >= 0.6 is 11.3 Å². The van der Waals surface area contributed by atoms with Gasteiger partial charge in [0.25, 0.3) is 5.69 Å². The van der Waals surface area contributed by atoms with E-state index < -0.39 is 4.92 Å². The lowest BCUT2D eigenvalue weighted by molar-refractivity contribution is -0.384. The van der Waals surface area contributed by atoms with E-state index in [-0.39, 0.29) is 23.4 Å². The van der Waals surface area contributed by atoms with Crippen molar-refractivity contribution < 1.29 is 14.5 Å². The summed E-state index contributed by atoms with van der Waals surface area (Å²) in [7, 11) is 1.63. The number of ether oxygens (including phenoxy) is 1. The summed E-state index contributed by atoms with van der Waals surface area (Å²) in [6, 6.07) is 13.8. The number of nitrogens with one attached hydrogen (secondary N) is 1. The molecule has 1 aliphatic carbocycles. The molecule has 160 valence electrons. The Balaban J connectivity index is 1.63. The largest absolute Gasteiger partial charge is 0.497 e. The number of ketones is 1. The van der Waals surface area contributed by atoms with Crippen LogP contribution < -0.4 is 10.1 Å². The van der Waals surface area contributed by atoms with Crippen molar-refractivity contribution in [2.75, 3.05) is 12.4 Å². The lowest BCUT2D eigenvalue weighted by atomic mass is 9.80. The third-order valence-electron chi connectivity index (χ3n) is 5.61. The Morgan fingerprint density at radius 3 is 2.74 bits per heavy atom. The summed E-state index contributed by atoms with van der Waals surface area (Å²) in [4.78, 5) is 28.3. The molecule has 1 saturated carbocycles. The Hall–Kier alpha value is -3.26. The van der Waals surface area contributed by atoms with E-state index in [1.165, 1.54) is 17.4 Å². The maximum atomic E-state index is 12.7. The van der Waals surface area contributed by atoms with Gasteiger partial charge in [-0.3, -0.25) is 14.9 Å². The number of methoxy groups -OCH3 is 1. The Bertz CT molecular complexity index is 1080. The van der Waals surface area contributed by atoms with Crippen molar-refractivity contribution in [3.05, 3.63) is 69.6 Å². The van der Waals surface area contributed by atoms with Gasteiger partial charge in [0, 0.05) is 35.4 Å². The number of rotatable bonds is 7. The maximum absolute atomic E-state index is 12.7. The zero-order valence-electron chi connectivity index (χ0n) is 17.1. The van der Waals surface area contributed by atoms with Crippen molar-refractivity contribution in [2.24, 2.45) is 5.92 Å². The van der Waals surface area contributed by atoms with Crippen molar-refractivity contribution in [3.8, 4) is 17.0 Å². The van der Waals surface area contributed by atoms with E-state index >= 15 is 0 Å². The van der Waals surface area contributed by atoms with Gasteiger partial charge in [0.1, 0.15) is 11.5 Å². The topological polar surface area (TPSA) is 94.4 Å². The molecule has 1 heterocycles. The van der Waals surface area contributed by atoms with Gasteiger partial charge >= 0.3 is 0 Å². The first-order valence-corrected chi connectivity index (χ1v) is 11.1. The van der Waals surface area contributed by atoms with Crippen molar-refractivity contribution in [1.29, 1.82) is 0 Å². The van der Waals surface area contributed by atoms with Crippen molar-refractivity contribution in [1.82, 2.24) is 4.98 Å². The monoisotopic (exact) mass is 437 g/mol. The number of benzene rings is 2. The van der Waals surface area contributed by atoms with E-state index in [0.29, 0.717) is 11.6 Å². The third kappa shape index (κ3) is 4.74. The van der Waals surface area contributed by atoms with Crippen LogP contribution in [0.25, 0.3) is 11.3 Å². The first-order valence-electron chi connectivity index (χ1n) is 10.2. The van der Waals surface area contributed by atoms with Crippen LogP contribution in [0, 0.1) is 16.0 Å². The number of nitro benzene ring substituents is 1. The van der Waals surface area contributed by atoms with Gasteiger partial charge in [0.05, 0.1) is 23.8 Å². The van der Waals surface area contributed by atoms with Crippen molar-refractivity contribution >= 4 is 27.9 Å². The molecular weight excluding hydrogens is 414 g/mol. The molecule has 0 aliphatic heterocycles. The fourth-order valence-corrected chi connectivity index (χ4v) is 4.74. The molecule has 1 aliphatic rings. The molecule has 2 aromatic carbocycles. The summed E-state index contributed by atoms with van der Waals surface area (Å²) in [5, 5.41) is 17.3. The molecule has 1 N–H and O–H groups in total. The minimum Gasteiger partial charge on any atom is -0.497 e. The van der Waals surface area contributed by atoms with E-state index in [4.69, 9.17) is 9.72 Å². The molecule has 0 saturated heterocycles. The summed E-state index contributed by atoms with van der Waals surface area (Å²) < 4.78 is 5.21. The van der Waals surface area contributed by atoms with Gasteiger partial charge < -0.3 is 10.1 Å². The van der Waals surface area contributed by atoms with Gasteiger partial charge in [-0.15, -0.1) is 11.3 Å². The lowest BCUT2D eigenvalue weighted by Gasteiger charge is -2.30. The fraction of sp³-hybridized carbons (Fsp3) is 0.304. The van der Waals surface area contributed by atoms with Crippen molar-refractivity contribution in [2.45, 2.75) is 31.7 Å². The molecule has 0 bridgehead atoms. The number of carbonyl (C=O) groups is 1. The average Bonchev–Trinajstić information content (AvgIpc) is 3.27. The molecule has 1 aromatic heterocycles. The molecule has 2 unspecified atom stereocenters. The van der Waals surface area contributed by atoms with Crippen LogP contribution in [0.4, 0.5) is 10.8 Å². The van der Waals surface area contributed by atoms with Gasteiger partial charge in [0.15, 0.2) is 5.13 Å². The molecule has 31 heavy (non-hydrogen) atoms. The molecule has 0 spiro atoms. The van der Waals surface area contributed by atoms with Crippen LogP contribution in [0.5, 0.6) is 5.75 Å². The van der Waals surface area contributed by atoms with Crippen LogP contribution in [0.2, 0.25) is 0 Å². The lowest BCUT2D eigenvalue weighted by Crippen LogP contribution is -2.30. The standard InChI is InChI=1S/C23H23N3O4S/c1-30-18-11-9-15(10-12-18)20-14-31-23(24-20)25-22(19-7-2-3-8-21(19)27)16-5-4-6-17(13-16)26(28)29/h4-6,9-14,19,22H,2-3,7-8H2,1H3,(H,24,25). The van der Waals surface area contributed by atoms with Gasteiger partial charge in [0.2, 0.25) is 0 Å². The zero-order chi connectivity index (χ0) is 21.8. The third-order valence-corrected chi connectivity index (χ3v) is 6.39. The van der Waals surface area contributed by atoms with Crippen molar-refractivity contribution in [3.63, 3.8) is 0 Å². The average molecular weight is 438 g/mol. The molecule has 7 nitrogen and oxygen atoms in total. The number of hydrogen-bond acceptors (Lipinski definition) is 7. The molecule has 0 radical (unpaired) electrons.